The number of aromatic amines is 2. The molecular formula is C29H25N5OS. The van der Waals surface area contributed by atoms with Gasteiger partial charge in [-0.25, -0.2) is 0 Å². The van der Waals surface area contributed by atoms with Crippen LogP contribution >= 0.6 is 11.3 Å². The molecule has 178 valence electrons. The fraction of sp³-hybridized carbons (Fsp3) is 0.207. The molecule has 0 spiro atoms. The van der Waals surface area contributed by atoms with Crippen LogP contribution in [0.15, 0.2) is 72.5 Å². The van der Waals surface area contributed by atoms with Gasteiger partial charge in [0.15, 0.2) is 0 Å². The van der Waals surface area contributed by atoms with Crippen molar-refractivity contribution in [3.63, 3.8) is 0 Å². The smallest absolute Gasteiger partial charge is 0.138 e. The Morgan fingerprint density at radius 3 is 2.72 bits per heavy atom. The van der Waals surface area contributed by atoms with E-state index in [0.29, 0.717) is 0 Å². The number of nitrogens with zero attached hydrogens (tertiary/aromatic N) is 3. The number of hydrogen-bond acceptors (Lipinski definition) is 5. The van der Waals surface area contributed by atoms with Crippen LogP contribution in [-0.4, -0.2) is 31.3 Å². The number of rotatable bonds is 5. The summed E-state index contributed by atoms with van der Waals surface area (Å²) in [5.41, 5.74) is 6.87. The monoisotopic (exact) mass is 491 g/mol. The summed E-state index contributed by atoms with van der Waals surface area (Å²) in [7, 11) is 0. The zero-order valence-electron chi connectivity index (χ0n) is 19.7. The maximum absolute atomic E-state index is 6.25. The van der Waals surface area contributed by atoms with Crippen LogP contribution in [0.5, 0.6) is 5.75 Å². The van der Waals surface area contributed by atoms with Gasteiger partial charge in [0.1, 0.15) is 11.4 Å². The molecule has 1 aliphatic carbocycles. The largest absolute Gasteiger partial charge is 0.489 e. The van der Waals surface area contributed by atoms with E-state index in [1.807, 2.05) is 18.5 Å². The van der Waals surface area contributed by atoms with E-state index in [9.17, 15) is 0 Å². The van der Waals surface area contributed by atoms with E-state index in [-0.39, 0.29) is 6.10 Å². The van der Waals surface area contributed by atoms with Gasteiger partial charge >= 0.3 is 0 Å². The van der Waals surface area contributed by atoms with Crippen LogP contribution in [0.25, 0.3) is 54.9 Å². The Labute approximate surface area is 212 Å². The number of thiophene rings is 1. The molecule has 1 aromatic carbocycles. The van der Waals surface area contributed by atoms with Crippen LogP contribution in [-0.2, 0) is 0 Å². The van der Waals surface area contributed by atoms with E-state index < -0.39 is 0 Å². The van der Waals surface area contributed by atoms with Crippen LogP contribution in [0.2, 0.25) is 0 Å². The average molecular weight is 492 g/mol. The first-order valence-corrected chi connectivity index (χ1v) is 13.3. The van der Waals surface area contributed by atoms with E-state index in [1.54, 1.807) is 17.5 Å². The Hall–Kier alpha value is -3.97. The molecule has 0 amide bonds. The molecule has 7 rings (SSSR count). The first-order valence-electron chi connectivity index (χ1n) is 12.4. The molecule has 1 saturated carbocycles. The fourth-order valence-corrected chi connectivity index (χ4v) is 5.97. The van der Waals surface area contributed by atoms with Crippen molar-refractivity contribution in [3.8, 4) is 38.8 Å². The highest BCUT2D eigenvalue weighted by Gasteiger charge is 2.17. The highest BCUT2D eigenvalue weighted by Crippen LogP contribution is 2.36. The van der Waals surface area contributed by atoms with Crippen molar-refractivity contribution in [1.82, 2.24) is 25.1 Å². The lowest BCUT2D eigenvalue weighted by atomic mass is 9.98. The summed E-state index contributed by atoms with van der Waals surface area (Å²) in [4.78, 5) is 14.0. The summed E-state index contributed by atoms with van der Waals surface area (Å²) < 4.78 is 6.25. The molecule has 36 heavy (non-hydrogen) atoms. The first-order chi connectivity index (χ1) is 17.8. The van der Waals surface area contributed by atoms with Crippen LogP contribution in [0, 0.1) is 0 Å². The van der Waals surface area contributed by atoms with Gasteiger partial charge in [-0.1, -0.05) is 24.6 Å². The van der Waals surface area contributed by atoms with Crippen molar-refractivity contribution in [2.24, 2.45) is 0 Å². The van der Waals surface area contributed by atoms with Gasteiger partial charge in [0.05, 0.1) is 35.4 Å². The van der Waals surface area contributed by atoms with Crippen molar-refractivity contribution in [3.05, 3.63) is 72.5 Å². The van der Waals surface area contributed by atoms with Crippen LogP contribution in [0.3, 0.4) is 0 Å². The van der Waals surface area contributed by atoms with Crippen molar-refractivity contribution >= 4 is 33.1 Å². The van der Waals surface area contributed by atoms with Gasteiger partial charge in [-0.05, 0) is 61.4 Å². The molecule has 6 aromatic rings. The summed E-state index contributed by atoms with van der Waals surface area (Å²) in [5.74, 6) is 0.811. The lowest BCUT2D eigenvalue weighted by Gasteiger charge is -2.22. The molecule has 5 aromatic heterocycles. The van der Waals surface area contributed by atoms with E-state index in [2.05, 4.69) is 73.0 Å². The number of hydrogen-bond donors (Lipinski definition) is 2. The van der Waals surface area contributed by atoms with Gasteiger partial charge in [0, 0.05) is 38.5 Å². The molecule has 0 unspecified atom stereocenters. The van der Waals surface area contributed by atoms with Gasteiger partial charge in [0.2, 0.25) is 0 Å². The Morgan fingerprint density at radius 2 is 1.83 bits per heavy atom. The molecule has 7 heteroatoms. The Kier molecular flexibility index (Phi) is 5.28. The minimum atomic E-state index is 0.285. The molecule has 1 aliphatic rings. The number of pyridine rings is 2. The molecule has 5 heterocycles. The van der Waals surface area contributed by atoms with Crippen molar-refractivity contribution in [1.29, 1.82) is 0 Å². The first kappa shape index (κ1) is 21.3. The van der Waals surface area contributed by atoms with Crippen molar-refractivity contribution in [2.45, 2.75) is 38.2 Å². The van der Waals surface area contributed by atoms with Gasteiger partial charge in [-0.2, -0.15) is 5.10 Å². The lowest BCUT2D eigenvalue weighted by Crippen LogP contribution is -2.19. The normalized spacial score (nSPS) is 14.6. The molecule has 1 fully saturated rings. The highest BCUT2D eigenvalue weighted by molar-refractivity contribution is 7.13. The second kappa shape index (κ2) is 8.91. The fourth-order valence-electron chi connectivity index (χ4n) is 5.21. The van der Waals surface area contributed by atoms with Crippen LogP contribution in [0.4, 0.5) is 0 Å². The Morgan fingerprint density at radius 1 is 0.889 bits per heavy atom. The molecule has 0 aliphatic heterocycles. The molecule has 0 radical (unpaired) electrons. The number of aromatic nitrogens is 5. The number of fused-ring (bicyclic) bond motifs is 2. The predicted molar refractivity (Wildman–Crippen MR) is 145 cm³/mol. The molecule has 2 N–H and O–H groups in total. The summed E-state index contributed by atoms with van der Waals surface area (Å²) in [6.45, 7) is 0. The van der Waals surface area contributed by atoms with Crippen LogP contribution in [0.1, 0.15) is 32.1 Å². The summed E-state index contributed by atoms with van der Waals surface area (Å²) >= 11 is 1.75. The van der Waals surface area contributed by atoms with Gasteiger partial charge in [0.25, 0.3) is 0 Å². The summed E-state index contributed by atoms with van der Waals surface area (Å²) in [6, 6.07) is 17.0. The second-order valence-electron chi connectivity index (χ2n) is 9.40. The number of H-pyrrole nitrogens is 2. The topological polar surface area (TPSA) is 79.5 Å². The van der Waals surface area contributed by atoms with Crippen LogP contribution < -0.4 is 4.74 Å². The van der Waals surface area contributed by atoms with E-state index in [0.717, 1.165) is 57.7 Å². The molecule has 0 saturated heterocycles. The van der Waals surface area contributed by atoms with E-state index in [4.69, 9.17) is 4.74 Å². The number of ether oxygens (including phenoxy) is 1. The predicted octanol–water partition coefficient (Wildman–Crippen LogP) is 7.61. The zero-order chi connectivity index (χ0) is 23.9. The second-order valence-corrected chi connectivity index (χ2v) is 10.3. The average Bonchev–Trinajstić information content (AvgIpc) is 3.68. The number of nitrogens with one attached hydrogen (secondary N) is 2. The third-order valence-corrected chi connectivity index (χ3v) is 7.92. The maximum Gasteiger partial charge on any atom is 0.138 e. The maximum atomic E-state index is 6.25. The third-order valence-electron chi connectivity index (χ3n) is 7.02. The Balaban J connectivity index is 1.26. The third kappa shape index (κ3) is 3.85. The summed E-state index contributed by atoms with van der Waals surface area (Å²) in [5, 5.41) is 12.1. The minimum absolute atomic E-state index is 0.285. The van der Waals surface area contributed by atoms with Crippen molar-refractivity contribution in [2.75, 3.05) is 0 Å². The molecular weight excluding hydrogens is 466 g/mol. The molecule has 0 atom stereocenters. The van der Waals surface area contributed by atoms with Gasteiger partial charge < -0.3 is 9.72 Å². The van der Waals surface area contributed by atoms with Gasteiger partial charge in [-0.3, -0.25) is 15.1 Å². The minimum Gasteiger partial charge on any atom is -0.489 e. The van der Waals surface area contributed by atoms with Crippen molar-refractivity contribution < 1.29 is 4.74 Å². The SMILES string of the molecule is c1csc(-c2cccc3[nH]c(-c4n[nH]c5cnc(-c6cncc(OC7CCCCC7)c6)cc45)cc23)c1. The quantitative estimate of drug-likeness (QED) is 0.260. The number of benzene rings is 1. The molecule has 0 bridgehead atoms. The standard InChI is InChI=1S/C29H25N5OS/c1-2-6-19(7-3-1)35-20-12-18(15-30-16-20)25-14-23-27(17-31-25)33-34-29(23)26-13-22-21(28-10-5-11-36-28)8-4-9-24(22)32-26/h4-5,8-17,19,32H,1-3,6-7H2,(H,33,34). The Bertz CT molecular complexity index is 1660. The van der Waals surface area contributed by atoms with Gasteiger partial charge in [-0.15, -0.1) is 11.3 Å². The van der Waals surface area contributed by atoms with E-state index >= 15 is 0 Å². The zero-order valence-corrected chi connectivity index (χ0v) is 20.5. The van der Waals surface area contributed by atoms with E-state index in [1.165, 1.54) is 35.1 Å². The molecule has 6 nitrogen and oxygen atoms in total. The summed E-state index contributed by atoms with van der Waals surface area (Å²) in [6.07, 6.45) is 11.8. The lowest BCUT2D eigenvalue weighted by molar-refractivity contribution is 0.154. The highest BCUT2D eigenvalue weighted by atomic mass is 32.1.